The molecule has 20 heavy (non-hydrogen) atoms. The van der Waals surface area contributed by atoms with Crippen LogP contribution in [0.3, 0.4) is 0 Å². The maximum atomic E-state index is 10.9. The molecule has 1 aliphatic heterocycles. The molecule has 1 saturated heterocycles. The van der Waals surface area contributed by atoms with E-state index in [0.717, 1.165) is 17.3 Å². The number of aryl methyl sites for hydroxylation is 2. The van der Waals surface area contributed by atoms with E-state index < -0.39 is 6.09 Å². The number of carboxylic acid groups (broad SMARTS) is 1. The van der Waals surface area contributed by atoms with Crippen molar-refractivity contribution in [1.82, 2.24) is 4.90 Å². The fourth-order valence-electron chi connectivity index (χ4n) is 2.70. The average molecular weight is 338 g/mol. The number of carbonyl (C=O) groups is 1. The lowest BCUT2D eigenvalue weighted by Gasteiger charge is -2.28. The molecule has 1 aromatic carbocycles. The number of nitrogens with zero attached hydrogens (tertiary/aromatic N) is 1. The first-order chi connectivity index (χ1) is 9.47. The molecule has 1 N–H and O–H groups in total. The van der Waals surface area contributed by atoms with Gasteiger partial charge in [0.25, 0.3) is 0 Å². The minimum absolute atomic E-state index is 0.480. The Balaban J connectivity index is 2.03. The minimum Gasteiger partial charge on any atom is -0.465 e. The zero-order valence-corrected chi connectivity index (χ0v) is 13.5. The lowest BCUT2D eigenvalue weighted by Crippen LogP contribution is -2.36. The standard InChI is InChI=1S/C16H20BrNO2/c1-11-9-14(17)10-12(2)15(11)4-3-13-5-7-18(8-6-13)16(19)20/h3-4,9-10,13H,5-8H2,1-2H3,(H,19,20)/b4-3+. The van der Waals surface area contributed by atoms with E-state index in [1.54, 1.807) is 0 Å². The van der Waals surface area contributed by atoms with Crippen LogP contribution in [0.4, 0.5) is 4.79 Å². The summed E-state index contributed by atoms with van der Waals surface area (Å²) in [6.45, 7) is 5.51. The van der Waals surface area contributed by atoms with Gasteiger partial charge in [-0.3, -0.25) is 0 Å². The van der Waals surface area contributed by atoms with E-state index in [4.69, 9.17) is 5.11 Å². The van der Waals surface area contributed by atoms with Crippen LogP contribution in [0.25, 0.3) is 6.08 Å². The molecule has 0 spiro atoms. The Morgan fingerprint density at radius 1 is 1.30 bits per heavy atom. The van der Waals surface area contributed by atoms with Gasteiger partial charge >= 0.3 is 6.09 Å². The van der Waals surface area contributed by atoms with E-state index in [2.05, 4.69) is 54.1 Å². The fourth-order valence-corrected chi connectivity index (χ4v) is 3.39. The highest BCUT2D eigenvalue weighted by molar-refractivity contribution is 9.10. The van der Waals surface area contributed by atoms with Crippen molar-refractivity contribution in [2.24, 2.45) is 5.92 Å². The second-order valence-electron chi connectivity index (χ2n) is 5.42. The summed E-state index contributed by atoms with van der Waals surface area (Å²) in [4.78, 5) is 12.4. The summed E-state index contributed by atoms with van der Waals surface area (Å²) in [5.41, 5.74) is 3.79. The van der Waals surface area contributed by atoms with Crippen LogP contribution in [0.1, 0.15) is 29.5 Å². The Morgan fingerprint density at radius 3 is 2.35 bits per heavy atom. The summed E-state index contributed by atoms with van der Waals surface area (Å²) >= 11 is 3.51. The number of hydrogen-bond acceptors (Lipinski definition) is 1. The highest BCUT2D eigenvalue weighted by Crippen LogP contribution is 2.24. The highest BCUT2D eigenvalue weighted by atomic mass is 79.9. The number of halogens is 1. The van der Waals surface area contributed by atoms with Crippen molar-refractivity contribution in [3.63, 3.8) is 0 Å². The van der Waals surface area contributed by atoms with Gasteiger partial charge in [-0.05, 0) is 61.4 Å². The van der Waals surface area contributed by atoms with Crippen molar-refractivity contribution in [2.75, 3.05) is 13.1 Å². The van der Waals surface area contributed by atoms with Crippen molar-refractivity contribution >= 4 is 28.1 Å². The van der Waals surface area contributed by atoms with E-state index in [9.17, 15) is 4.79 Å². The molecule has 1 aliphatic rings. The van der Waals surface area contributed by atoms with Gasteiger partial charge in [0.05, 0.1) is 0 Å². The maximum Gasteiger partial charge on any atom is 0.407 e. The molecule has 0 aliphatic carbocycles. The summed E-state index contributed by atoms with van der Waals surface area (Å²) in [5, 5.41) is 8.93. The molecule has 4 heteroatoms. The van der Waals surface area contributed by atoms with Crippen molar-refractivity contribution in [3.8, 4) is 0 Å². The number of hydrogen-bond donors (Lipinski definition) is 1. The Hall–Kier alpha value is -1.29. The molecule has 0 saturated carbocycles. The van der Waals surface area contributed by atoms with Crippen LogP contribution in [0.2, 0.25) is 0 Å². The Kier molecular flexibility index (Phi) is 4.86. The van der Waals surface area contributed by atoms with E-state index in [1.807, 2.05) is 0 Å². The van der Waals surface area contributed by atoms with E-state index in [1.165, 1.54) is 21.6 Å². The summed E-state index contributed by atoms with van der Waals surface area (Å²) in [6.07, 6.45) is 5.46. The van der Waals surface area contributed by atoms with Crippen LogP contribution in [-0.4, -0.2) is 29.2 Å². The predicted molar refractivity (Wildman–Crippen MR) is 85.0 cm³/mol. The van der Waals surface area contributed by atoms with Crippen molar-refractivity contribution in [1.29, 1.82) is 0 Å². The molecule has 1 amide bonds. The first-order valence-electron chi connectivity index (χ1n) is 6.90. The van der Waals surface area contributed by atoms with Crippen LogP contribution in [0, 0.1) is 19.8 Å². The second kappa shape index (κ2) is 6.44. The Labute approximate surface area is 128 Å². The van der Waals surface area contributed by atoms with Crippen molar-refractivity contribution < 1.29 is 9.90 Å². The first-order valence-corrected chi connectivity index (χ1v) is 7.69. The largest absolute Gasteiger partial charge is 0.465 e. The quantitative estimate of drug-likeness (QED) is 0.864. The monoisotopic (exact) mass is 337 g/mol. The fraction of sp³-hybridized carbons (Fsp3) is 0.438. The van der Waals surface area contributed by atoms with Crippen LogP contribution in [0.5, 0.6) is 0 Å². The molecule has 0 radical (unpaired) electrons. The number of piperidine rings is 1. The molecule has 0 unspecified atom stereocenters. The third kappa shape index (κ3) is 3.63. The number of rotatable bonds is 2. The molecule has 0 atom stereocenters. The van der Waals surface area contributed by atoms with Crippen molar-refractivity contribution in [2.45, 2.75) is 26.7 Å². The zero-order chi connectivity index (χ0) is 14.7. The SMILES string of the molecule is Cc1cc(Br)cc(C)c1/C=C/C1CCN(C(=O)O)CC1. The number of benzene rings is 1. The second-order valence-corrected chi connectivity index (χ2v) is 6.34. The van der Waals surface area contributed by atoms with Gasteiger partial charge in [0, 0.05) is 17.6 Å². The number of amides is 1. The Bertz CT molecular complexity index is 508. The molecule has 0 aromatic heterocycles. The van der Waals surface area contributed by atoms with E-state index >= 15 is 0 Å². The number of allylic oxidation sites excluding steroid dienone is 1. The molecule has 3 nitrogen and oxygen atoms in total. The topological polar surface area (TPSA) is 40.5 Å². The minimum atomic E-state index is -0.799. The third-order valence-electron chi connectivity index (χ3n) is 3.90. The van der Waals surface area contributed by atoms with Crippen LogP contribution >= 0.6 is 15.9 Å². The predicted octanol–water partition coefficient (Wildman–Crippen LogP) is 4.47. The summed E-state index contributed by atoms with van der Waals surface area (Å²) < 4.78 is 1.11. The van der Waals surface area contributed by atoms with Gasteiger partial charge in [0.15, 0.2) is 0 Å². The lowest BCUT2D eigenvalue weighted by molar-refractivity contribution is 0.129. The van der Waals surface area contributed by atoms with Gasteiger partial charge in [-0.15, -0.1) is 0 Å². The molecule has 1 fully saturated rings. The molecule has 0 bridgehead atoms. The van der Waals surface area contributed by atoms with Gasteiger partial charge in [-0.2, -0.15) is 0 Å². The Morgan fingerprint density at radius 2 is 1.85 bits per heavy atom. The summed E-state index contributed by atoms with van der Waals surface area (Å²) in [7, 11) is 0. The molecular weight excluding hydrogens is 318 g/mol. The van der Waals surface area contributed by atoms with Gasteiger partial charge in [0.1, 0.15) is 0 Å². The maximum absolute atomic E-state index is 10.9. The first kappa shape index (κ1) is 15.1. The van der Waals surface area contributed by atoms with Gasteiger partial charge < -0.3 is 10.0 Å². The lowest BCUT2D eigenvalue weighted by atomic mass is 9.94. The summed E-state index contributed by atoms with van der Waals surface area (Å²) in [5.74, 6) is 0.480. The molecule has 1 aromatic rings. The molecular formula is C16H20BrNO2. The van der Waals surface area contributed by atoms with Crippen molar-refractivity contribution in [3.05, 3.63) is 39.4 Å². The van der Waals surface area contributed by atoms with Gasteiger partial charge in [-0.1, -0.05) is 28.1 Å². The van der Waals surface area contributed by atoms with Crippen LogP contribution in [-0.2, 0) is 0 Å². The molecule has 1 heterocycles. The van der Waals surface area contributed by atoms with Crippen LogP contribution < -0.4 is 0 Å². The summed E-state index contributed by atoms with van der Waals surface area (Å²) in [6, 6.07) is 4.25. The van der Waals surface area contributed by atoms with E-state index in [0.29, 0.717) is 19.0 Å². The molecule has 2 rings (SSSR count). The number of likely N-dealkylation sites (tertiary alicyclic amines) is 1. The zero-order valence-electron chi connectivity index (χ0n) is 11.9. The third-order valence-corrected chi connectivity index (χ3v) is 4.36. The van der Waals surface area contributed by atoms with Gasteiger partial charge in [0.2, 0.25) is 0 Å². The average Bonchev–Trinajstić information content (AvgIpc) is 2.38. The van der Waals surface area contributed by atoms with Gasteiger partial charge in [-0.25, -0.2) is 4.79 Å². The smallest absolute Gasteiger partial charge is 0.407 e. The highest BCUT2D eigenvalue weighted by Gasteiger charge is 2.20. The normalized spacial score (nSPS) is 16.9. The van der Waals surface area contributed by atoms with E-state index in [-0.39, 0.29) is 0 Å². The van der Waals surface area contributed by atoms with Crippen LogP contribution in [0.15, 0.2) is 22.7 Å². The molecule has 108 valence electrons.